The molecule has 1 amide bonds. The minimum absolute atomic E-state index is 0.226. The van der Waals surface area contributed by atoms with Crippen LogP contribution in [0.3, 0.4) is 0 Å². The summed E-state index contributed by atoms with van der Waals surface area (Å²) in [6.45, 7) is 2.21. The van der Waals surface area contributed by atoms with E-state index in [2.05, 4.69) is 12.2 Å². The Morgan fingerprint density at radius 1 is 1.50 bits per heavy atom. The number of nitrogens with one attached hydrogen (secondary N) is 1. The molecule has 1 aliphatic rings. The molecule has 1 saturated carbocycles. The molecule has 1 rings (SSSR count). The lowest BCUT2D eigenvalue weighted by molar-refractivity contribution is -0.124. The van der Waals surface area contributed by atoms with Gasteiger partial charge in [-0.1, -0.05) is 6.92 Å². The van der Waals surface area contributed by atoms with E-state index in [4.69, 9.17) is 0 Å². The maximum atomic E-state index is 11.0. The molecule has 1 aliphatic carbocycles. The maximum absolute atomic E-state index is 11.0. The van der Waals surface area contributed by atoms with Crippen LogP contribution in [0.15, 0.2) is 0 Å². The summed E-state index contributed by atoms with van der Waals surface area (Å²) < 4.78 is 0. The van der Waals surface area contributed by atoms with E-state index in [-0.39, 0.29) is 5.91 Å². The summed E-state index contributed by atoms with van der Waals surface area (Å²) in [4.78, 5) is 11.0. The molecule has 1 N–H and O–H groups in total. The highest BCUT2D eigenvalue weighted by atomic mass is 16.1. The summed E-state index contributed by atoms with van der Waals surface area (Å²) in [6, 6.07) is 0. The Hall–Kier alpha value is -0.530. The summed E-state index contributed by atoms with van der Waals surface area (Å²) >= 11 is 0. The number of amides is 1. The zero-order valence-electron chi connectivity index (χ0n) is 6.68. The fourth-order valence-corrected chi connectivity index (χ4v) is 1.65. The summed E-state index contributed by atoms with van der Waals surface area (Å²) in [7, 11) is 1.71. The smallest absolute Gasteiger partial charge is 0.222 e. The molecule has 0 heterocycles. The number of carbonyl (C=O) groups is 1. The van der Waals surface area contributed by atoms with Gasteiger partial charge in [-0.2, -0.15) is 0 Å². The predicted molar refractivity (Wildman–Crippen MR) is 40.6 cm³/mol. The fraction of sp³-hybridized carbons (Fsp3) is 0.875. The van der Waals surface area contributed by atoms with Crippen molar-refractivity contribution in [2.45, 2.75) is 26.2 Å². The molecule has 0 saturated heterocycles. The minimum atomic E-state index is 0.226. The number of hydrogen-bond acceptors (Lipinski definition) is 1. The molecule has 0 radical (unpaired) electrons. The first kappa shape index (κ1) is 7.58. The zero-order valence-corrected chi connectivity index (χ0v) is 6.68. The van der Waals surface area contributed by atoms with Gasteiger partial charge in [0.2, 0.25) is 5.91 Å². The maximum Gasteiger partial charge on any atom is 0.222 e. The quantitative estimate of drug-likeness (QED) is 0.583. The molecular weight excluding hydrogens is 126 g/mol. The molecule has 0 aromatic rings. The molecule has 0 spiro atoms. The van der Waals surface area contributed by atoms with Crippen LogP contribution in [-0.4, -0.2) is 13.0 Å². The van der Waals surface area contributed by atoms with Gasteiger partial charge in [0.15, 0.2) is 0 Å². The van der Waals surface area contributed by atoms with E-state index in [1.165, 1.54) is 6.42 Å². The van der Waals surface area contributed by atoms with Gasteiger partial charge in [0.1, 0.15) is 0 Å². The summed E-state index contributed by atoms with van der Waals surface area (Å²) in [5.41, 5.74) is 0. The average molecular weight is 141 g/mol. The van der Waals surface area contributed by atoms with Crippen LogP contribution < -0.4 is 5.32 Å². The Bertz CT molecular complexity index is 133. The number of rotatable bonds is 1. The fourth-order valence-electron chi connectivity index (χ4n) is 1.65. The van der Waals surface area contributed by atoms with Crippen LogP contribution in [0, 0.1) is 11.8 Å². The van der Waals surface area contributed by atoms with Crippen LogP contribution in [0.2, 0.25) is 0 Å². The third kappa shape index (κ3) is 1.49. The van der Waals surface area contributed by atoms with E-state index in [0.29, 0.717) is 5.92 Å². The Morgan fingerprint density at radius 3 is 2.60 bits per heavy atom. The first-order valence-electron chi connectivity index (χ1n) is 3.95. The second kappa shape index (κ2) is 3.04. The van der Waals surface area contributed by atoms with E-state index < -0.39 is 0 Å². The van der Waals surface area contributed by atoms with Gasteiger partial charge in [-0.05, 0) is 25.2 Å². The van der Waals surface area contributed by atoms with Crippen LogP contribution in [0.25, 0.3) is 0 Å². The van der Waals surface area contributed by atoms with Gasteiger partial charge >= 0.3 is 0 Å². The van der Waals surface area contributed by atoms with E-state index in [1.54, 1.807) is 7.05 Å². The molecule has 0 aromatic heterocycles. The van der Waals surface area contributed by atoms with Gasteiger partial charge in [-0.25, -0.2) is 0 Å². The average Bonchev–Trinajstić information content (AvgIpc) is 2.34. The Kier molecular flexibility index (Phi) is 2.30. The lowest BCUT2D eigenvalue weighted by Gasteiger charge is -2.05. The van der Waals surface area contributed by atoms with Crippen LogP contribution in [-0.2, 0) is 4.79 Å². The SMILES string of the molecule is CNC(=O)C1CC[C@H](C)C1. The van der Waals surface area contributed by atoms with Crippen molar-refractivity contribution >= 4 is 5.91 Å². The molecule has 0 aromatic carbocycles. The van der Waals surface area contributed by atoms with Crippen LogP contribution in [0.1, 0.15) is 26.2 Å². The van der Waals surface area contributed by atoms with Crippen molar-refractivity contribution < 1.29 is 4.79 Å². The lowest BCUT2D eigenvalue weighted by Crippen LogP contribution is -2.25. The zero-order chi connectivity index (χ0) is 7.56. The Morgan fingerprint density at radius 2 is 2.20 bits per heavy atom. The van der Waals surface area contributed by atoms with Crippen molar-refractivity contribution in [1.29, 1.82) is 0 Å². The van der Waals surface area contributed by atoms with Crippen molar-refractivity contribution in [3.05, 3.63) is 0 Å². The van der Waals surface area contributed by atoms with Gasteiger partial charge < -0.3 is 5.32 Å². The third-order valence-electron chi connectivity index (χ3n) is 2.31. The molecule has 1 fully saturated rings. The standard InChI is InChI=1S/C8H15NO/c1-6-3-4-7(5-6)8(10)9-2/h6-7H,3-5H2,1-2H3,(H,9,10)/t6-,7?/m0/s1. The highest BCUT2D eigenvalue weighted by molar-refractivity contribution is 5.78. The van der Waals surface area contributed by atoms with Crippen LogP contribution in [0.4, 0.5) is 0 Å². The van der Waals surface area contributed by atoms with E-state index >= 15 is 0 Å². The molecule has 2 atom stereocenters. The van der Waals surface area contributed by atoms with E-state index in [0.717, 1.165) is 18.8 Å². The van der Waals surface area contributed by atoms with Gasteiger partial charge in [-0.15, -0.1) is 0 Å². The van der Waals surface area contributed by atoms with Crippen LogP contribution >= 0.6 is 0 Å². The topological polar surface area (TPSA) is 29.1 Å². The minimum Gasteiger partial charge on any atom is -0.359 e. The first-order chi connectivity index (χ1) is 4.74. The first-order valence-corrected chi connectivity index (χ1v) is 3.95. The second-order valence-corrected chi connectivity index (χ2v) is 3.23. The monoisotopic (exact) mass is 141 g/mol. The molecule has 2 nitrogen and oxygen atoms in total. The van der Waals surface area contributed by atoms with Crippen molar-refractivity contribution in [2.75, 3.05) is 7.05 Å². The summed E-state index contributed by atoms with van der Waals surface area (Å²) in [5, 5.41) is 2.69. The van der Waals surface area contributed by atoms with Gasteiger partial charge in [0, 0.05) is 13.0 Å². The largest absolute Gasteiger partial charge is 0.359 e. The molecule has 0 aliphatic heterocycles. The molecule has 2 heteroatoms. The molecular formula is C8H15NO. The predicted octanol–water partition coefficient (Wildman–Crippen LogP) is 1.17. The van der Waals surface area contributed by atoms with Crippen LogP contribution in [0.5, 0.6) is 0 Å². The van der Waals surface area contributed by atoms with E-state index in [9.17, 15) is 4.79 Å². The third-order valence-corrected chi connectivity index (χ3v) is 2.31. The summed E-state index contributed by atoms with van der Waals surface area (Å²) in [6.07, 6.45) is 3.39. The molecule has 58 valence electrons. The molecule has 1 unspecified atom stereocenters. The van der Waals surface area contributed by atoms with E-state index in [1.807, 2.05) is 0 Å². The van der Waals surface area contributed by atoms with Gasteiger partial charge in [-0.3, -0.25) is 4.79 Å². The second-order valence-electron chi connectivity index (χ2n) is 3.23. The normalized spacial score (nSPS) is 32.2. The van der Waals surface area contributed by atoms with Crippen molar-refractivity contribution in [3.63, 3.8) is 0 Å². The lowest BCUT2D eigenvalue weighted by atomic mass is 10.1. The Balaban J connectivity index is 2.37. The van der Waals surface area contributed by atoms with Gasteiger partial charge in [0.25, 0.3) is 0 Å². The number of carbonyl (C=O) groups excluding carboxylic acids is 1. The van der Waals surface area contributed by atoms with Gasteiger partial charge in [0.05, 0.1) is 0 Å². The van der Waals surface area contributed by atoms with Crippen molar-refractivity contribution in [2.24, 2.45) is 11.8 Å². The van der Waals surface area contributed by atoms with Crippen molar-refractivity contribution in [3.8, 4) is 0 Å². The molecule has 10 heavy (non-hydrogen) atoms. The number of hydrogen-bond donors (Lipinski definition) is 1. The highest BCUT2D eigenvalue weighted by Crippen LogP contribution is 2.29. The Labute approximate surface area is 62.0 Å². The summed E-state index contributed by atoms with van der Waals surface area (Å²) in [5.74, 6) is 1.28. The molecule has 0 bridgehead atoms. The highest BCUT2D eigenvalue weighted by Gasteiger charge is 2.26. The van der Waals surface area contributed by atoms with Crippen molar-refractivity contribution in [1.82, 2.24) is 5.32 Å².